The lowest BCUT2D eigenvalue weighted by Crippen LogP contribution is -2.38. The second-order valence-corrected chi connectivity index (χ2v) is 5.29. The van der Waals surface area contributed by atoms with Crippen molar-refractivity contribution in [1.29, 1.82) is 0 Å². The summed E-state index contributed by atoms with van der Waals surface area (Å²) in [5.41, 5.74) is 1.84. The van der Waals surface area contributed by atoms with E-state index < -0.39 is 0 Å². The number of aliphatic imine (C=N–C) groups is 1. The summed E-state index contributed by atoms with van der Waals surface area (Å²) in [6.45, 7) is 3.60. The van der Waals surface area contributed by atoms with Gasteiger partial charge in [-0.1, -0.05) is 18.2 Å². The topological polar surface area (TPSA) is 49.8 Å². The molecule has 0 fully saturated rings. The highest BCUT2D eigenvalue weighted by Gasteiger charge is 2.09. The summed E-state index contributed by atoms with van der Waals surface area (Å²) in [7, 11) is 3.63. The second-order valence-electron chi connectivity index (χ2n) is 5.29. The zero-order valence-electron chi connectivity index (χ0n) is 14.7. The van der Waals surface area contributed by atoms with Crippen LogP contribution < -0.4 is 10.1 Å². The van der Waals surface area contributed by atoms with Gasteiger partial charge >= 0.3 is 0 Å². The predicted octanol–water partition coefficient (Wildman–Crippen LogP) is 3.44. The summed E-state index contributed by atoms with van der Waals surface area (Å²) < 4.78 is 18.8. The largest absolute Gasteiger partial charge is 0.478 e. The third kappa shape index (κ3) is 6.49. The number of ether oxygens (including phenoxy) is 1. The molecular formula is C18H24FIN4O. The first kappa shape index (κ1) is 21.1. The second kappa shape index (κ2) is 10.9. The third-order valence-corrected chi connectivity index (χ3v) is 3.45. The molecule has 1 aromatic carbocycles. The lowest BCUT2D eigenvalue weighted by Gasteiger charge is -2.22. The fraction of sp³-hybridized carbons (Fsp3) is 0.333. The third-order valence-electron chi connectivity index (χ3n) is 3.45. The number of pyridine rings is 1. The number of aromatic nitrogens is 1. The first-order valence-electron chi connectivity index (χ1n) is 7.87. The summed E-state index contributed by atoms with van der Waals surface area (Å²) in [4.78, 5) is 10.4. The molecular weight excluding hydrogens is 434 g/mol. The van der Waals surface area contributed by atoms with E-state index in [9.17, 15) is 4.39 Å². The molecule has 0 spiro atoms. The van der Waals surface area contributed by atoms with Crippen LogP contribution in [0.2, 0.25) is 0 Å². The maximum absolute atomic E-state index is 13.3. The molecule has 0 unspecified atom stereocenters. The van der Waals surface area contributed by atoms with Gasteiger partial charge in [0.1, 0.15) is 5.82 Å². The van der Waals surface area contributed by atoms with Crippen molar-refractivity contribution >= 4 is 29.9 Å². The van der Waals surface area contributed by atoms with Gasteiger partial charge in [-0.25, -0.2) is 9.37 Å². The van der Waals surface area contributed by atoms with Crippen LogP contribution in [0.3, 0.4) is 0 Å². The van der Waals surface area contributed by atoms with Gasteiger partial charge in [-0.15, -0.1) is 24.0 Å². The predicted molar refractivity (Wildman–Crippen MR) is 109 cm³/mol. The molecule has 0 aliphatic rings. The Hall–Kier alpha value is -1.90. The molecule has 136 valence electrons. The Kier molecular flexibility index (Phi) is 9.18. The summed E-state index contributed by atoms with van der Waals surface area (Å²) in [6.07, 6.45) is 1.71. The number of halogens is 2. The van der Waals surface area contributed by atoms with Crippen LogP contribution in [0.4, 0.5) is 4.39 Å². The molecule has 0 atom stereocenters. The van der Waals surface area contributed by atoms with Crippen molar-refractivity contribution in [2.24, 2.45) is 4.99 Å². The van der Waals surface area contributed by atoms with E-state index in [4.69, 9.17) is 4.74 Å². The average Bonchev–Trinajstić information content (AvgIpc) is 2.57. The van der Waals surface area contributed by atoms with Gasteiger partial charge in [0.05, 0.1) is 6.61 Å². The van der Waals surface area contributed by atoms with E-state index in [1.54, 1.807) is 19.3 Å². The van der Waals surface area contributed by atoms with Gasteiger partial charge in [-0.2, -0.15) is 0 Å². The van der Waals surface area contributed by atoms with Crippen LogP contribution in [0.25, 0.3) is 0 Å². The van der Waals surface area contributed by atoms with Crippen molar-refractivity contribution < 1.29 is 9.13 Å². The monoisotopic (exact) mass is 458 g/mol. The molecule has 0 saturated carbocycles. The number of hydrogen-bond acceptors (Lipinski definition) is 3. The van der Waals surface area contributed by atoms with Gasteiger partial charge in [-0.05, 0) is 30.7 Å². The van der Waals surface area contributed by atoms with Gasteiger partial charge in [0.2, 0.25) is 5.88 Å². The first-order chi connectivity index (χ1) is 11.6. The standard InChI is InChI=1S/C18H23FN4O.HI/c1-4-24-17-15(8-6-10-21-17)12-22-18(20-2)23(3)13-14-7-5-9-16(19)11-14;/h5-11H,4,12-13H2,1-3H3,(H,20,22);1H. The quantitative estimate of drug-likeness (QED) is 0.410. The Bertz CT molecular complexity index is 696. The van der Waals surface area contributed by atoms with E-state index in [1.807, 2.05) is 37.1 Å². The van der Waals surface area contributed by atoms with Crippen molar-refractivity contribution in [3.8, 4) is 5.88 Å². The van der Waals surface area contributed by atoms with E-state index in [-0.39, 0.29) is 29.8 Å². The molecule has 25 heavy (non-hydrogen) atoms. The molecule has 0 amide bonds. The van der Waals surface area contributed by atoms with Crippen LogP contribution in [-0.2, 0) is 13.1 Å². The van der Waals surface area contributed by atoms with Crippen LogP contribution in [0.5, 0.6) is 5.88 Å². The molecule has 0 aliphatic carbocycles. The number of hydrogen-bond donors (Lipinski definition) is 1. The van der Waals surface area contributed by atoms with Gasteiger partial charge in [-0.3, -0.25) is 4.99 Å². The Morgan fingerprint density at radius 2 is 2.12 bits per heavy atom. The van der Waals surface area contributed by atoms with Crippen molar-refractivity contribution in [2.45, 2.75) is 20.0 Å². The van der Waals surface area contributed by atoms with Crippen LogP contribution in [0.1, 0.15) is 18.1 Å². The Morgan fingerprint density at radius 3 is 2.80 bits per heavy atom. The van der Waals surface area contributed by atoms with Crippen molar-refractivity contribution in [2.75, 3.05) is 20.7 Å². The van der Waals surface area contributed by atoms with Gasteiger partial charge in [0, 0.05) is 38.9 Å². The fourth-order valence-corrected chi connectivity index (χ4v) is 2.37. The Morgan fingerprint density at radius 1 is 1.32 bits per heavy atom. The summed E-state index contributed by atoms with van der Waals surface area (Å²) in [6, 6.07) is 10.4. The van der Waals surface area contributed by atoms with E-state index in [2.05, 4.69) is 15.3 Å². The van der Waals surface area contributed by atoms with Gasteiger partial charge in [0.15, 0.2) is 5.96 Å². The SMILES string of the molecule is CCOc1ncccc1CNC(=NC)N(C)Cc1cccc(F)c1.I. The highest BCUT2D eigenvalue weighted by molar-refractivity contribution is 14.0. The van der Waals surface area contributed by atoms with Crippen molar-refractivity contribution in [3.63, 3.8) is 0 Å². The van der Waals surface area contributed by atoms with E-state index in [1.165, 1.54) is 12.1 Å². The maximum atomic E-state index is 13.3. The number of guanidine groups is 1. The minimum absolute atomic E-state index is 0. The van der Waals surface area contributed by atoms with E-state index in [0.717, 1.165) is 11.1 Å². The number of rotatable bonds is 6. The lowest BCUT2D eigenvalue weighted by atomic mass is 10.2. The minimum Gasteiger partial charge on any atom is -0.478 e. The minimum atomic E-state index is -0.236. The molecule has 0 bridgehead atoms. The molecule has 2 rings (SSSR count). The summed E-state index contributed by atoms with van der Waals surface area (Å²) in [5.74, 6) is 1.10. The van der Waals surface area contributed by atoms with E-state index in [0.29, 0.717) is 31.5 Å². The van der Waals surface area contributed by atoms with Crippen LogP contribution >= 0.6 is 24.0 Å². The van der Waals surface area contributed by atoms with Gasteiger partial charge < -0.3 is 15.0 Å². The number of benzene rings is 1. The zero-order chi connectivity index (χ0) is 17.4. The molecule has 5 nitrogen and oxygen atoms in total. The highest BCUT2D eigenvalue weighted by Crippen LogP contribution is 2.14. The van der Waals surface area contributed by atoms with Crippen LogP contribution in [0, 0.1) is 5.82 Å². The molecule has 1 aromatic heterocycles. The Balaban J connectivity index is 0.00000312. The zero-order valence-corrected chi connectivity index (χ0v) is 17.0. The van der Waals surface area contributed by atoms with E-state index >= 15 is 0 Å². The normalized spacial score (nSPS) is 10.8. The summed E-state index contributed by atoms with van der Waals surface area (Å²) in [5, 5.41) is 3.28. The van der Waals surface area contributed by atoms with Gasteiger partial charge in [0.25, 0.3) is 0 Å². The molecule has 1 heterocycles. The molecule has 0 aliphatic heterocycles. The first-order valence-corrected chi connectivity index (χ1v) is 7.87. The number of nitrogens with zero attached hydrogens (tertiary/aromatic N) is 3. The van der Waals surface area contributed by atoms with Crippen LogP contribution in [0.15, 0.2) is 47.6 Å². The molecule has 0 radical (unpaired) electrons. The maximum Gasteiger partial charge on any atom is 0.218 e. The van der Waals surface area contributed by atoms with Crippen LogP contribution in [-0.4, -0.2) is 36.5 Å². The summed E-state index contributed by atoms with van der Waals surface area (Å²) >= 11 is 0. The Labute approximate surface area is 165 Å². The molecule has 0 saturated heterocycles. The highest BCUT2D eigenvalue weighted by atomic mass is 127. The lowest BCUT2D eigenvalue weighted by molar-refractivity contribution is 0.322. The fourth-order valence-electron chi connectivity index (χ4n) is 2.37. The smallest absolute Gasteiger partial charge is 0.218 e. The van der Waals surface area contributed by atoms with Crippen molar-refractivity contribution in [3.05, 3.63) is 59.5 Å². The molecule has 2 aromatic rings. The van der Waals surface area contributed by atoms with Crippen molar-refractivity contribution in [1.82, 2.24) is 15.2 Å². The number of nitrogens with one attached hydrogen (secondary N) is 1. The average molecular weight is 458 g/mol. The molecule has 1 N–H and O–H groups in total. The molecule has 7 heteroatoms.